The van der Waals surface area contributed by atoms with Crippen molar-refractivity contribution in [2.45, 2.75) is 16.6 Å². The van der Waals surface area contributed by atoms with Gasteiger partial charge in [0, 0.05) is 30.9 Å². The predicted molar refractivity (Wildman–Crippen MR) is 79.7 cm³/mol. The summed E-state index contributed by atoms with van der Waals surface area (Å²) in [7, 11) is 1.88. The van der Waals surface area contributed by atoms with Crippen molar-refractivity contribution < 1.29 is 14.7 Å². The molecular weight excluding hydrogens is 312 g/mol. The molecule has 0 spiro atoms. The molecule has 2 aliphatic rings. The number of aromatic nitrogens is 2. The van der Waals surface area contributed by atoms with Gasteiger partial charge in [0.15, 0.2) is 5.16 Å². The number of carboxylic acid groups (broad SMARTS) is 1. The topological polar surface area (TPSA) is 101 Å². The molecular formula is C12H14N4O3S2. The molecule has 0 radical (unpaired) electrons. The van der Waals surface area contributed by atoms with E-state index < -0.39 is 12.0 Å². The lowest BCUT2D eigenvalue weighted by atomic mass is 10.0. The summed E-state index contributed by atoms with van der Waals surface area (Å²) in [6.07, 6.45) is 3.52. The van der Waals surface area contributed by atoms with E-state index in [0.29, 0.717) is 11.5 Å². The maximum absolute atomic E-state index is 11.8. The maximum Gasteiger partial charge on any atom is 0.352 e. The number of rotatable bonds is 4. The third-order valence-corrected chi connectivity index (χ3v) is 5.95. The van der Waals surface area contributed by atoms with E-state index in [4.69, 9.17) is 5.73 Å². The third kappa shape index (κ3) is 2.34. The molecule has 112 valence electrons. The van der Waals surface area contributed by atoms with Gasteiger partial charge in [-0.05, 0) is 5.57 Å². The molecule has 1 saturated heterocycles. The minimum Gasteiger partial charge on any atom is -0.477 e. The number of nitrogens with zero attached hydrogens (tertiary/aromatic N) is 3. The summed E-state index contributed by atoms with van der Waals surface area (Å²) in [4.78, 5) is 28.8. The van der Waals surface area contributed by atoms with Crippen molar-refractivity contribution in [3.8, 4) is 0 Å². The number of carbonyl (C=O) groups is 2. The predicted octanol–water partition coefficient (Wildman–Crippen LogP) is 0.0933. The summed E-state index contributed by atoms with van der Waals surface area (Å²) in [5.74, 6) is -0.327. The average molecular weight is 326 g/mol. The molecule has 9 heteroatoms. The van der Waals surface area contributed by atoms with Crippen LogP contribution in [0.1, 0.15) is 0 Å². The Morgan fingerprint density at radius 2 is 2.43 bits per heavy atom. The van der Waals surface area contributed by atoms with Gasteiger partial charge in [0.25, 0.3) is 0 Å². The number of carbonyl (C=O) groups excluding carboxylic acids is 1. The van der Waals surface area contributed by atoms with Crippen LogP contribution in [-0.4, -0.2) is 54.4 Å². The number of hydrogen-bond acceptors (Lipinski definition) is 6. The van der Waals surface area contributed by atoms with Crippen LogP contribution in [0.25, 0.3) is 0 Å². The van der Waals surface area contributed by atoms with Crippen molar-refractivity contribution in [3.05, 3.63) is 23.7 Å². The van der Waals surface area contributed by atoms with Gasteiger partial charge in [-0.2, -0.15) is 0 Å². The Kier molecular flexibility index (Phi) is 3.72. The molecule has 3 heterocycles. The average Bonchev–Trinajstić information content (AvgIpc) is 2.88. The van der Waals surface area contributed by atoms with E-state index in [1.54, 1.807) is 6.20 Å². The van der Waals surface area contributed by atoms with Crippen LogP contribution in [0.4, 0.5) is 0 Å². The van der Waals surface area contributed by atoms with Gasteiger partial charge in [-0.15, -0.1) is 11.8 Å². The van der Waals surface area contributed by atoms with Gasteiger partial charge in [-0.3, -0.25) is 9.69 Å². The van der Waals surface area contributed by atoms with Gasteiger partial charge in [0.2, 0.25) is 5.91 Å². The molecule has 0 aromatic carbocycles. The second-order valence-corrected chi connectivity index (χ2v) is 6.85. The van der Waals surface area contributed by atoms with Crippen LogP contribution in [0.2, 0.25) is 0 Å². The van der Waals surface area contributed by atoms with Gasteiger partial charge < -0.3 is 15.4 Å². The Balaban J connectivity index is 1.83. The first-order valence-electron chi connectivity index (χ1n) is 6.26. The van der Waals surface area contributed by atoms with Crippen LogP contribution < -0.4 is 5.73 Å². The normalized spacial score (nSPS) is 24.9. The molecule has 7 nitrogen and oxygen atoms in total. The van der Waals surface area contributed by atoms with E-state index in [-0.39, 0.29) is 17.0 Å². The largest absolute Gasteiger partial charge is 0.477 e. The van der Waals surface area contributed by atoms with Gasteiger partial charge >= 0.3 is 5.97 Å². The smallest absolute Gasteiger partial charge is 0.352 e. The van der Waals surface area contributed by atoms with Crippen LogP contribution in [0.3, 0.4) is 0 Å². The Bertz CT molecular complexity index is 642. The quantitative estimate of drug-likeness (QED) is 0.597. The molecule has 1 unspecified atom stereocenters. The summed E-state index contributed by atoms with van der Waals surface area (Å²) in [6, 6.07) is -0.590. The highest BCUT2D eigenvalue weighted by Crippen LogP contribution is 2.40. The van der Waals surface area contributed by atoms with Crippen molar-refractivity contribution in [2.75, 3.05) is 11.5 Å². The number of imidazole rings is 1. The summed E-state index contributed by atoms with van der Waals surface area (Å²) < 4.78 is 1.87. The number of β-lactam (4-membered cyclic amide) rings is 1. The van der Waals surface area contributed by atoms with Crippen LogP contribution in [-0.2, 0) is 16.6 Å². The van der Waals surface area contributed by atoms with E-state index in [1.807, 2.05) is 17.8 Å². The fourth-order valence-electron chi connectivity index (χ4n) is 2.33. The van der Waals surface area contributed by atoms with Gasteiger partial charge in [0.05, 0.1) is 0 Å². The Hall–Kier alpha value is -1.45. The lowest BCUT2D eigenvalue weighted by molar-refractivity contribution is -0.147. The first-order chi connectivity index (χ1) is 10.0. The number of aliphatic carboxylic acids is 1. The second kappa shape index (κ2) is 5.39. The Morgan fingerprint density at radius 1 is 1.67 bits per heavy atom. The van der Waals surface area contributed by atoms with Crippen LogP contribution in [0.5, 0.6) is 0 Å². The third-order valence-electron chi connectivity index (χ3n) is 3.44. The van der Waals surface area contributed by atoms with Gasteiger partial charge in [-0.25, -0.2) is 9.78 Å². The van der Waals surface area contributed by atoms with E-state index in [2.05, 4.69) is 4.98 Å². The molecule has 2 atom stereocenters. The van der Waals surface area contributed by atoms with Gasteiger partial charge in [0.1, 0.15) is 17.1 Å². The summed E-state index contributed by atoms with van der Waals surface area (Å²) in [5.41, 5.74) is 6.53. The van der Waals surface area contributed by atoms with Gasteiger partial charge in [-0.1, -0.05) is 11.8 Å². The SMILES string of the molecule is Cn1ccnc1SCC1=C(C(=O)O)N2C(=O)C(N)[C@H]2SC1. The highest BCUT2D eigenvalue weighted by atomic mass is 32.2. The first-order valence-corrected chi connectivity index (χ1v) is 8.30. The van der Waals surface area contributed by atoms with Crippen LogP contribution in [0, 0.1) is 0 Å². The molecule has 0 aliphatic carbocycles. The van der Waals surface area contributed by atoms with Crippen molar-refractivity contribution in [1.29, 1.82) is 0 Å². The molecule has 1 amide bonds. The lowest BCUT2D eigenvalue weighted by Gasteiger charge is -2.48. The molecule has 1 aromatic rings. The molecule has 21 heavy (non-hydrogen) atoms. The molecule has 0 saturated carbocycles. The van der Waals surface area contributed by atoms with E-state index >= 15 is 0 Å². The molecule has 1 aromatic heterocycles. The van der Waals surface area contributed by atoms with Crippen molar-refractivity contribution in [2.24, 2.45) is 12.8 Å². The van der Waals surface area contributed by atoms with E-state index in [0.717, 1.165) is 10.7 Å². The summed E-state index contributed by atoms with van der Waals surface area (Å²) in [5, 5.41) is 9.98. The zero-order valence-electron chi connectivity index (χ0n) is 11.2. The fourth-order valence-corrected chi connectivity index (χ4v) is 4.70. The van der Waals surface area contributed by atoms with Crippen molar-refractivity contribution >= 4 is 35.4 Å². The molecule has 2 aliphatic heterocycles. The number of aryl methyl sites for hydroxylation is 1. The monoisotopic (exact) mass is 326 g/mol. The number of hydrogen-bond donors (Lipinski definition) is 2. The van der Waals surface area contributed by atoms with E-state index in [9.17, 15) is 14.7 Å². The fraction of sp³-hybridized carbons (Fsp3) is 0.417. The standard InChI is InChI=1S/C12H14N4O3S2/c1-15-3-2-14-12(15)21-5-6-4-20-10-7(13)9(17)16(10)8(6)11(18)19/h2-3,7,10H,4-5,13H2,1H3,(H,18,19)/t7?,10-/m1/s1. The van der Waals surface area contributed by atoms with Crippen LogP contribution in [0.15, 0.2) is 28.8 Å². The van der Waals surface area contributed by atoms with E-state index in [1.165, 1.54) is 28.4 Å². The molecule has 1 fully saturated rings. The number of nitrogens with two attached hydrogens (primary N) is 1. The minimum atomic E-state index is -1.07. The first kappa shape index (κ1) is 14.5. The maximum atomic E-state index is 11.8. The summed E-state index contributed by atoms with van der Waals surface area (Å²) in [6.45, 7) is 0. The molecule has 3 rings (SSSR count). The highest BCUT2D eigenvalue weighted by molar-refractivity contribution is 8.01. The number of carboxylic acids is 1. The number of amides is 1. The zero-order chi connectivity index (χ0) is 15.1. The number of fused-ring (bicyclic) bond motifs is 1. The number of thioether (sulfide) groups is 2. The van der Waals surface area contributed by atoms with Crippen molar-refractivity contribution in [3.63, 3.8) is 0 Å². The zero-order valence-corrected chi connectivity index (χ0v) is 12.9. The summed E-state index contributed by atoms with van der Waals surface area (Å²) >= 11 is 2.97. The Morgan fingerprint density at radius 3 is 3.05 bits per heavy atom. The van der Waals surface area contributed by atoms with Crippen LogP contribution >= 0.6 is 23.5 Å². The Labute approximate surface area is 129 Å². The second-order valence-electron chi connectivity index (χ2n) is 4.80. The minimum absolute atomic E-state index is 0.0900. The lowest BCUT2D eigenvalue weighted by Crippen LogP contribution is -2.68. The highest BCUT2D eigenvalue weighted by Gasteiger charge is 2.51. The molecule has 0 bridgehead atoms. The van der Waals surface area contributed by atoms with Crippen molar-refractivity contribution in [1.82, 2.24) is 14.5 Å². The molecule has 3 N–H and O–H groups in total.